The zero-order valence-corrected chi connectivity index (χ0v) is 14.0. The van der Waals surface area contributed by atoms with Crippen LogP contribution >= 0.6 is 0 Å². The standard InChI is InChI=1S/C17H28N4/c1-17(2,13-20(4)5)12-19-16(18-3)21-11-10-14-8-6-7-9-15(14)21/h6-9H,10-13H2,1-5H3,(H,18,19). The molecule has 0 aliphatic carbocycles. The van der Waals surface area contributed by atoms with Crippen molar-refractivity contribution < 1.29 is 0 Å². The van der Waals surface area contributed by atoms with E-state index in [1.54, 1.807) is 0 Å². The molecular weight excluding hydrogens is 260 g/mol. The molecule has 0 fully saturated rings. The molecule has 21 heavy (non-hydrogen) atoms. The highest BCUT2D eigenvalue weighted by Crippen LogP contribution is 2.27. The number of fused-ring (bicyclic) bond motifs is 1. The molecule has 1 aromatic rings. The molecule has 0 radical (unpaired) electrons. The molecule has 0 bridgehead atoms. The fraction of sp³-hybridized carbons (Fsp3) is 0.588. The molecule has 1 aliphatic rings. The smallest absolute Gasteiger partial charge is 0.198 e. The Bertz CT molecular complexity index is 505. The van der Waals surface area contributed by atoms with E-state index in [9.17, 15) is 0 Å². The second kappa shape index (κ2) is 6.48. The predicted molar refractivity (Wildman–Crippen MR) is 91.2 cm³/mol. The fourth-order valence-electron chi connectivity index (χ4n) is 3.08. The Labute approximate surface area is 128 Å². The number of guanidine groups is 1. The van der Waals surface area contributed by atoms with Crippen molar-refractivity contribution in [3.8, 4) is 0 Å². The number of nitrogens with zero attached hydrogens (tertiary/aromatic N) is 3. The molecule has 1 aliphatic heterocycles. The van der Waals surface area contributed by atoms with E-state index >= 15 is 0 Å². The van der Waals surface area contributed by atoms with Gasteiger partial charge in [-0.3, -0.25) is 4.99 Å². The lowest BCUT2D eigenvalue weighted by Gasteiger charge is -2.31. The van der Waals surface area contributed by atoms with Crippen LogP contribution in [0.3, 0.4) is 0 Å². The van der Waals surface area contributed by atoms with E-state index < -0.39 is 0 Å². The van der Waals surface area contributed by atoms with E-state index in [2.05, 4.69) is 72.3 Å². The summed E-state index contributed by atoms with van der Waals surface area (Å²) in [4.78, 5) is 8.99. The number of nitrogens with one attached hydrogen (secondary N) is 1. The van der Waals surface area contributed by atoms with Crippen LogP contribution in [0.4, 0.5) is 5.69 Å². The number of aliphatic imine (C=N–C) groups is 1. The molecule has 0 saturated carbocycles. The van der Waals surface area contributed by atoms with Crippen LogP contribution in [-0.2, 0) is 6.42 Å². The third-order valence-corrected chi connectivity index (χ3v) is 3.82. The summed E-state index contributed by atoms with van der Waals surface area (Å²) in [7, 11) is 6.10. The summed E-state index contributed by atoms with van der Waals surface area (Å²) in [5.41, 5.74) is 2.91. The van der Waals surface area contributed by atoms with Crippen molar-refractivity contribution in [1.82, 2.24) is 10.2 Å². The van der Waals surface area contributed by atoms with E-state index in [0.29, 0.717) is 0 Å². The van der Waals surface area contributed by atoms with Gasteiger partial charge in [-0.15, -0.1) is 0 Å². The highest BCUT2D eigenvalue weighted by atomic mass is 15.3. The first-order valence-corrected chi connectivity index (χ1v) is 7.64. The van der Waals surface area contributed by atoms with Gasteiger partial charge in [0.2, 0.25) is 0 Å². The third kappa shape index (κ3) is 3.97. The molecule has 0 atom stereocenters. The van der Waals surface area contributed by atoms with Crippen LogP contribution in [0.1, 0.15) is 19.4 Å². The maximum Gasteiger partial charge on any atom is 0.198 e. The lowest BCUT2D eigenvalue weighted by atomic mass is 9.93. The molecule has 1 aromatic carbocycles. The zero-order chi connectivity index (χ0) is 15.5. The molecule has 0 spiro atoms. The van der Waals surface area contributed by atoms with Crippen LogP contribution in [0.25, 0.3) is 0 Å². The average Bonchev–Trinajstić information content (AvgIpc) is 2.82. The second-order valence-corrected chi connectivity index (χ2v) is 6.83. The van der Waals surface area contributed by atoms with Gasteiger partial charge < -0.3 is 15.1 Å². The van der Waals surface area contributed by atoms with E-state index in [-0.39, 0.29) is 5.41 Å². The van der Waals surface area contributed by atoms with Gasteiger partial charge in [0.1, 0.15) is 0 Å². The molecule has 1 N–H and O–H groups in total. The van der Waals surface area contributed by atoms with Gasteiger partial charge in [0.05, 0.1) is 0 Å². The first-order chi connectivity index (χ1) is 9.93. The minimum absolute atomic E-state index is 0.207. The van der Waals surface area contributed by atoms with Crippen molar-refractivity contribution in [2.24, 2.45) is 10.4 Å². The Kier molecular flexibility index (Phi) is 4.88. The molecule has 0 amide bonds. The van der Waals surface area contributed by atoms with Crippen LogP contribution in [0.5, 0.6) is 0 Å². The summed E-state index contributed by atoms with van der Waals surface area (Å²) >= 11 is 0. The normalized spacial score (nSPS) is 15.5. The molecule has 0 saturated heterocycles. The summed E-state index contributed by atoms with van der Waals surface area (Å²) < 4.78 is 0. The molecule has 4 heteroatoms. The minimum atomic E-state index is 0.207. The van der Waals surface area contributed by atoms with Gasteiger partial charge in [-0.05, 0) is 37.6 Å². The van der Waals surface area contributed by atoms with Gasteiger partial charge in [0, 0.05) is 32.4 Å². The van der Waals surface area contributed by atoms with Crippen LogP contribution in [0.2, 0.25) is 0 Å². The molecule has 2 rings (SSSR count). The number of rotatable bonds is 4. The number of hydrogen-bond donors (Lipinski definition) is 1. The number of anilines is 1. The molecule has 0 aromatic heterocycles. The van der Waals surface area contributed by atoms with E-state index in [4.69, 9.17) is 0 Å². The molecule has 1 heterocycles. The van der Waals surface area contributed by atoms with E-state index in [1.807, 2.05) is 7.05 Å². The van der Waals surface area contributed by atoms with Gasteiger partial charge in [-0.2, -0.15) is 0 Å². The third-order valence-electron chi connectivity index (χ3n) is 3.82. The molecule has 4 nitrogen and oxygen atoms in total. The highest BCUT2D eigenvalue weighted by Gasteiger charge is 2.25. The maximum absolute atomic E-state index is 4.47. The van der Waals surface area contributed by atoms with Crippen LogP contribution in [-0.4, -0.2) is 51.6 Å². The van der Waals surface area contributed by atoms with Crippen molar-refractivity contribution in [3.05, 3.63) is 29.8 Å². The number of hydrogen-bond acceptors (Lipinski definition) is 2. The number of benzene rings is 1. The minimum Gasteiger partial charge on any atom is -0.355 e. The Morgan fingerprint density at radius 2 is 2.05 bits per heavy atom. The van der Waals surface area contributed by atoms with E-state index in [0.717, 1.165) is 32.0 Å². The highest BCUT2D eigenvalue weighted by molar-refractivity contribution is 5.97. The summed E-state index contributed by atoms with van der Waals surface area (Å²) in [5, 5.41) is 3.55. The van der Waals surface area contributed by atoms with Crippen LogP contribution in [0, 0.1) is 5.41 Å². The van der Waals surface area contributed by atoms with Crippen molar-refractivity contribution >= 4 is 11.6 Å². The zero-order valence-electron chi connectivity index (χ0n) is 14.0. The Hall–Kier alpha value is -1.55. The number of para-hydroxylation sites is 1. The second-order valence-electron chi connectivity index (χ2n) is 6.83. The fourth-order valence-corrected chi connectivity index (χ4v) is 3.08. The lowest BCUT2D eigenvalue weighted by molar-refractivity contribution is 0.241. The van der Waals surface area contributed by atoms with Gasteiger partial charge in [0.25, 0.3) is 0 Å². The largest absolute Gasteiger partial charge is 0.355 e. The van der Waals surface area contributed by atoms with Gasteiger partial charge >= 0.3 is 0 Å². The van der Waals surface area contributed by atoms with Gasteiger partial charge in [-0.1, -0.05) is 32.0 Å². The Balaban J connectivity index is 2.03. The Morgan fingerprint density at radius 3 is 2.71 bits per heavy atom. The Morgan fingerprint density at radius 1 is 1.33 bits per heavy atom. The quantitative estimate of drug-likeness (QED) is 0.681. The first-order valence-electron chi connectivity index (χ1n) is 7.64. The lowest BCUT2D eigenvalue weighted by Crippen LogP contribution is -2.46. The molecule has 116 valence electrons. The molecular formula is C17H28N4. The van der Waals surface area contributed by atoms with Crippen molar-refractivity contribution in [3.63, 3.8) is 0 Å². The summed E-state index contributed by atoms with van der Waals surface area (Å²) in [5.74, 6) is 0.979. The van der Waals surface area contributed by atoms with Crippen molar-refractivity contribution in [2.75, 3.05) is 45.7 Å². The van der Waals surface area contributed by atoms with Crippen molar-refractivity contribution in [2.45, 2.75) is 20.3 Å². The van der Waals surface area contributed by atoms with Crippen molar-refractivity contribution in [1.29, 1.82) is 0 Å². The topological polar surface area (TPSA) is 30.9 Å². The van der Waals surface area contributed by atoms with Crippen LogP contribution in [0.15, 0.2) is 29.3 Å². The molecule has 0 unspecified atom stereocenters. The average molecular weight is 288 g/mol. The SMILES string of the molecule is CN=C(NCC(C)(C)CN(C)C)N1CCc2ccccc21. The summed E-state index contributed by atoms with van der Waals surface area (Å²) in [6.07, 6.45) is 1.10. The van der Waals surface area contributed by atoms with Crippen LogP contribution < -0.4 is 10.2 Å². The first kappa shape index (κ1) is 15.8. The predicted octanol–water partition coefficient (Wildman–Crippen LogP) is 2.21. The summed E-state index contributed by atoms with van der Waals surface area (Å²) in [6.45, 7) is 7.54. The van der Waals surface area contributed by atoms with Gasteiger partial charge in [-0.25, -0.2) is 0 Å². The van der Waals surface area contributed by atoms with E-state index in [1.165, 1.54) is 11.3 Å². The van der Waals surface area contributed by atoms with Gasteiger partial charge in [0.15, 0.2) is 5.96 Å². The monoisotopic (exact) mass is 288 g/mol. The summed E-state index contributed by atoms with van der Waals surface area (Å²) in [6, 6.07) is 8.60. The maximum atomic E-state index is 4.47.